The quantitative estimate of drug-likeness (QED) is 0.444. The van der Waals surface area contributed by atoms with Crippen LogP contribution in [-0.2, 0) is 0 Å². The highest BCUT2D eigenvalue weighted by Crippen LogP contribution is 1.68. The second kappa shape index (κ2) is 5.50. The number of urea groups is 1. The predicted octanol–water partition coefficient (Wildman–Crippen LogP) is 0.305. The summed E-state index contributed by atoms with van der Waals surface area (Å²) < 4.78 is 0. The van der Waals surface area contributed by atoms with Crippen molar-refractivity contribution in [2.24, 2.45) is 0 Å². The van der Waals surface area contributed by atoms with Gasteiger partial charge in [-0.05, 0) is 11.8 Å². The molecule has 2 N–H and O–H groups in total. The molecule has 0 aliphatic rings. The molecule has 0 unspecified atom stereocenters. The molecule has 0 fully saturated rings. The molecule has 0 atom stereocenters. The standard InChI is InChI=1S/C5H10N2OS/c1-6-5(8)7-3-2-4-9/h4H,2-3H2,1H3,(H2,6,7,8). The normalized spacial score (nSPS) is 8.11. The first-order chi connectivity index (χ1) is 4.31. The van der Waals surface area contributed by atoms with Crippen molar-refractivity contribution in [1.29, 1.82) is 0 Å². The Kier molecular flexibility index (Phi) is 5.11. The first-order valence-electron chi connectivity index (χ1n) is 2.70. The van der Waals surface area contributed by atoms with E-state index in [2.05, 4.69) is 22.9 Å². The molecular formula is C5H10N2OS. The van der Waals surface area contributed by atoms with E-state index in [0.717, 1.165) is 6.42 Å². The first kappa shape index (κ1) is 8.36. The maximum Gasteiger partial charge on any atom is 0.314 e. The molecule has 0 spiro atoms. The highest BCUT2D eigenvalue weighted by atomic mass is 32.1. The highest BCUT2D eigenvalue weighted by Gasteiger charge is 1.90. The summed E-state index contributed by atoms with van der Waals surface area (Å²) in [7, 11) is 1.58. The number of rotatable bonds is 3. The number of hydrogen-bond donors (Lipinski definition) is 2. The Morgan fingerprint density at radius 1 is 1.78 bits per heavy atom. The monoisotopic (exact) mass is 146 g/mol. The summed E-state index contributed by atoms with van der Waals surface area (Å²) in [4.78, 5) is 10.4. The van der Waals surface area contributed by atoms with Crippen LogP contribution in [0.4, 0.5) is 4.79 Å². The number of hydrogen-bond acceptors (Lipinski definition) is 2. The van der Waals surface area contributed by atoms with Crippen molar-refractivity contribution < 1.29 is 4.79 Å². The summed E-state index contributed by atoms with van der Waals surface area (Å²) in [6.07, 6.45) is 0.739. The van der Waals surface area contributed by atoms with E-state index in [1.165, 1.54) is 0 Å². The van der Waals surface area contributed by atoms with Crippen LogP contribution >= 0.6 is 12.2 Å². The Hall–Kier alpha value is -0.640. The molecule has 9 heavy (non-hydrogen) atoms. The smallest absolute Gasteiger partial charge is 0.314 e. The molecule has 0 bridgehead atoms. The van der Waals surface area contributed by atoms with E-state index in [1.807, 2.05) is 0 Å². The molecule has 0 saturated heterocycles. The average Bonchev–Trinajstić information content (AvgIpc) is 1.89. The Bertz CT molecular complexity index is 105. The first-order valence-corrected chi connectivity index (χ1v) is 3.17. The second-order valence-electron chi connectivity index (χ2n) is 1.46. The average molecular weight is 146 g/mol. The number of thiocarbonyl (C=S) groups is 1. The third-order valence-corrected chi connectivity index (χ3v) is 1.01. The van der Waals surface area contributed by atoms with Gasteiger partial charge >= 0.3 is 6.03 Å². The number of carbonyl (C=O) groups excluding carboxylic acids is 1. The van der Waals surface area contributed by atoms with Crippen LogP contribution < -0.4 is 10.6 Å². The fraction of sp³-hybridized carbons (Fsp3) is 0.600. The van der Waals surface area contributed by atoms with Gasteiger partial charge in [0.15, 0.2) is 0 Å². The van der Waals surface area contributed by atoms with Crippen molar-refractivity contribution in [3.05, 3.63) is 0 Å². The van der Waals surface area contributed by atoms with Gasteiger partial charge in [-0.2, -0.15) is 0 Å². The summed E-state index contributed by atoms with van der Waals surface area (Å²) in [5.74, 6) is 0. The van der Waals surface area contributed by atoms with Gasteiger partial charge in [0.1, 0.15) is 0 Å². The van der Waals surface area contributed by atoms with Crippen LogP contribution in [0.1, 0.15) is 6.42 Å². The third-order valence-electron chi connectivity index (χ3n) is 0.775. The third kappa shape index (κ3) is 5.23. The van der Waals surface area contributed by atoms with Gasteiger partial charge in [0.2, 0.25) is 0 Å². The van der Waals surface area contributed by atoms with Crippen molar-refractivity contribution in [3.8, 4) is 0 Å². The van der Waals surface area contributed by atoms with Crippen molar-refractivity contribution in [2.75, 3.05) is 13.6 Å². The lowest BCUT2D eigenvalue weighted by molar-refractivity contribution is 0.243. The Morgan fingerprint density at radius 2 is 2.44 bits per heavy atom. The van der Waals surface area contributed by atoms with Crippen LogP contribution in [-0.4, -0.2) is 25.0 Å². The van der Waals surface area contributed by atoms with Crippen molar-refractivity contribution in [3.63, 3.8) is 0 Å². The van der Waals surface area contributed by atoms with Gasteiger partial charge in [0, 0.05) is 13.6 Å². The molecule has 4 heteroatoms. The molecule has 0 aromatic heterocycles. The Labute approximate surface area is 59.8 Å². The lowest BCUT2D eigenvalue weighted by atomic mass is 10.5. The zero-order valence-corrected chi connectivity index (χ0v) is 6.12. The van der Waals surface area contributed by atoms with E-state index in [0.29, 0.717) is 6.54 Å². The molecule has 0 aliphatic carbocycles. The van der Waals surface area contributed by atoms with Crippen LogP contribution in [0.3, 0.4) is 0 Å². The van der Waals surface area contributed by atoms with Gasteiger partial charge in [-0.15, -0.1) is 0 Å². The minimum Gasteiger partial charge on any atom is -0.341 e. The molecule has 0 heterocycles. The SMILES string of the molecule is CNC(=O)NCCC=S. The minimum atomic E-state index is -0.160. The Balaban J connectivity index is 3.06. The molecular weight excluding hydrogens is 136 g/mol. The van der Waals surface area contributed by atoms with Crippen LogP contribution in [0.2, 0.25) is 0 Å². The predicted molar refractivity (Wildman–Crippen MR) is 40.7 cm³/mol. The summed E-state index contributed by atoms with van der Waals surface area (Å²) in [5, 5.41) is 6.60. The number of amides is 2. The van der Waals surface area contributed by atoms with Crippen LogP contribution in [0.15, 0.2) is 0 Å². The van der Waals surface area contributed by atoms with Crippen molar-refractivity contribution in [2.45, 2.75) is 6.42 Å². The van der Waals surface area contributed by atoms with Gasteiger partial charge in [-0.3, -0.25) is 0 Å². The van der Waals surface area contributed by atoms with Crippen molar-refractivity contribution >= 4 is 23.6 Å². The summed E-state index contributed by atoms with van der Waals surface area (Å²) in [5.41, 5.74) is 0. The molecule has 52 valence electrons. The maximum atomic E-state index is 10.4. The zero-order chi connectivity index (χ0) is 7.11. The molecule has 0 radical (unpaired) electrons. The number of carbonyl (C=O) groups is 1. The van der Waals surface area contributed by atoms with Gasteiger partial charge in [0.05, 0.1) is 0 Å². The van der Waals surface area contributed by atoms with E-state index in [1.54, 1.807) is 12.4 Å². The summed E-state index contributed by atoms with van der Waals surface area (Å²) in [6.45, 7) is 0.614. The van der Waals surface area contributed by atoms with Crippen molar-refractivity contribution in [1.82, 2.24) is 10.6 Å². The van der Waals surface area contributed by atoms with E-state index < -0.39 is 0 Å². The minimum absolute atomic E-state index is 0.160. The van der Waals surface area contributed by atoms with Gasteiger partial charge in [-0.1, -0.05) is 12.2 Å². The summed E-state index contributed by atoms with van der Waals surface area (Å²) >= 11 is 4.54. The lowest BCUT2D eigenvalue weighted by Crippen LogP contribution is -2.33. The molecule has 0 saturated carbocycles. The molecule has 0 aromatic carbocycles. The van der Waals surface area contributed by atoms with E-state index >= 15 is 0 Å². The second-order valence-corrected chi connectivity index (χ2v) is 1.79. The highest BCUT2D eigenvalue weighted by molar-refractivity contribution is 7.78. The Morgan fingerprint density at radius 3 is 2.89 bits per heavy atom. The van der Waals surface area contributed by atoms with Crippen LogP contribution in [0, 0.1) is 0 Å². The molecule has 0 rings (SSSR count). The fourth-order valence-corrected chi connectivity index (χ4v) is 0.451. The molecule has 2 amide bonds. The zero-order valence-electron chi connectivity index (χ0n) is 5.31. The topological polar surface area (TPSA) is 41.1 Å². The van der Waals surface area contributed by atoms with Gasteiger partial charge in [0.25, 0.3) is 0 Å². The number of nitrogens with one attached hydrogen (secondary N) is 2. The van der Waals surface area contributed by atoms with Crippen LogP contribution in [0.25, 0.3) is 0 Å². The van der Waals surface area contributed by atoms with Gasteiger partial charge < -0.3 is 10.6 Å². The lowest BCUT2D eigenvalue weighted by Gasteiger charge is -1.99. The van der Waals surface area contributed by atoms with E-state index in [4.69, 9.17) is 0 Å². The van der Waals surface area contributed by atoms with E-state index in [-0.39, 0.29) is 6.03 Å². The fourth-order valence-electron chi connectivity index (χ4n) is 0.333. The maximum absolute atomic E-state index is 10.4. The summed E-state index contributed by atoms with van der Waals surface area (Å²) in [6, 6.07) is -0.160. The largest absolute Gasteiger partial charge is 0.341 e. The molecule has 0 aromatic rings. The van der Waals surface area contributed by atoms with E-state index in [9.17, 15) is 4.79 Å². The molecule has 3 nitrogen and oxygen atoms in total. The molecule has 0 aliphatic heterocycles. The van der Waals surface area contributed by atoms with Gasteiger partial charge in [-0.25, -0.2) is 4.79 Å². The van der Waals surface area contributed by atoms with Crippen LogP contribution in [0.5, 0.6) is 0 Å².